The average molecular weight is 474 g/mol. The van der Waals surface area contributed by atoms with Gasteiger partial charge in [0, 0.05) is 13.0 Å². The van der Waals surface area contributed by atoms with E-state index in [4.69, 9.17) is 28.0 Å². The Morgan fingerprint density at radius 1 is 0.879 bits per heavy atom. The van der Waals surface area contributed by atoms with Crippen molar-refractivity contribution in [3.63, 3.8) is 0 Å². The first kappa shape index (κ1) is 29.1. The van der Waals surface area contributed by atoms with Crippen LogP contribution < -0.4 is 38.9 Å². The Morgan fingerprint density at radius 2 is 1.52 bits per heavy atom. The molecule has 0 aliphatic heterocycles. The van der Waals surface area contributed by atoms with Crippen LogP contribution >= 0.6 is 0 Å². The zero-order valence-electron chi connectivity index (χ0n) is 17.8. The Labute approximate surface area is 188 Å². The molecule has 16 nitrogen and oxygen atoms in total. The Bertz CT molecular complexity index is 768. The number of carboxylic acid groups (broad SMARTS) is 2. The van der Waals surface area contributed by atoms with Crippen LogP contribution in [0.5, 0.6) is 0 Å². The van der Waals surface area contributed by atoms with Crippen molar-refractivity contribution in [2.45, 2.75) is 50.2 Å². The zero-order valence-corrected chi connectivity index (χ0v) is 17.8. The fraction of sp³-hybridized carbons (Fsp3) is 0.588. The molecule has 186 valence electrons. The van der Waals surface area contributed by atoms with E-state index in [-0.39, 0.29) is 38.2 Å². The van der Waals surface area contributed by atoms with Crippen LogP contribution in [0.25, 0.3) is 0 Å². The Morgan fingerprint density at radius 3 is 2.03 bits per heavy atom. The summed E-state index contributed by atoms with van der Waals surface area (Å²) in [5, 5.41) is 24.7. The van der Waals surface area contributed by atoms with Crippen LogP contribution in [0.2, 0.25) is 0 Å². The van der Waals surface area contributed by atoms with E-state index in [0.717, 1.165) is 0 Å². The van der Waals surface area contributed by atoms with Crippen molar-refractivity contribution in [2.24, 2.45) is 27.9 Å². The van der Waals surface area contributed by atoms with E-state index in [0.29, 0.717) is 0 Å². The minimum atomic E-state index is -1.62. The lowest BCUT2D eigenvalue weighted by Crippen LogP contribution is -2.54. The summed E-state index contributed by atoms with van der Waals surface area (Å²) in [6.07, 6.45) is -0.896. The first-order valence-corrected chi connectivity index (χ1v) is 9.74. The first-order chi connectivity index (χ1) is 15.3. The number of guanidine groups is 1. The van der Waals surface area contributed by atoms with Gasteiger partial charge in [0.2, 0.25) is 23.6 Å². The maximum atomic E-state index is 12.4. The number of aliphatic carboxylic acids is 2. The summed E-state index contributed by atoms with van der Waals surface area (Å²) in [5.41, 5.74) is 20.8. The van der Waals surface area contributed by atoms with E-state index in [1.54, 1.807) is 0 Å². The van der Waals surface area contributed by atoms with Crippen molar-refractivity contribution >= 4 is 41.5 Å². The molecule has 3 atom stereocenters. The van der Waals surface area contributed by atoms with Gasteiger partial charge in [0.25, 0.3) is 0 Å². The average Bonchev–Trinajstić information content (AvgIpc) is 2.70. The number of amides is 4. The normalized spacial score (nSPS) is 13.0. The standard InChI is InChI=1S/C17H30N8O8/c18-8(3-4-11(19)26)14(30)23-7-12(27)24-10(6-13(28)29)15(31)25-9(16(32)33)2-1-5-22-17(20)21/h8-10H,1-7,18H2,(H2,19,26)(H,23,30)(H,24,27)(H,25,31)(H,28,29)(H,32,33)(H4,20,21,22). The third-order valence-corrected chi connectivity index (χ3v) is 4.05. The molecule has 0 aromatic carbocycles. The minimum Gasteiger partial charge on any atom is -0.481 e. The number of hydrogen-bond donors (Lipinski definition) is 9. The lowest BCUT2D eigenvalue weighted by molar-refractivity contribution is -0.143. The highest BCUT2D eigenvalue weighted by Crippen LogP contribution is 2.02. The molecule has 0 aromatic heterocycles. The third kappa shape index (κ3) is 13.9. The minimum absolute atomic E-state index is 0.0490. The predicted octanol–water partition coefficient (Wildman–Crippen LogP) is -4.72. The lowest BCUT2D eigenvalue weighted by Gasteiger charge is -2.20. The number of nitrogens with zero attached hydrogens (tertiary/aromatic N) is 1. The summed E-state index contributed by atoms with van der Waals surface area (Å²) in [5.74, 6) is -6.41. The first-order valence-electron chi connectivity index (χ1n) is 9.74. The highest BCUT2D eigenvalue weighted by atomic mass is 16.4. The summed E-state index contributed by atoms with van der Waals surface area (Å²) < 4.78 is 0. The molecule has 0 spiro atoms. The lowest BCUT2D eigenvalue weighted by atomic mass is 10.1. The molecule has 0 saturated heterocycles. The maximum Gasteiger partial charge on any atom is 0.326 e. The van der Waals surface area contributed by atoms with Crippen molar-refractivity contribution < 1.29 is 39.0 Å². The fourth-order valence-corrected chi connectivity index (χ4v) is 2.39. The van der Waals surface area contributed by atoms with E-state index in [2.05, 4.69) is 20.9 Å². The topological polar surface area (TPSA) is 295 Å². The molecule has 16 heteroatoms. The van der Waals surface area contributed by atoms with Crippen molar-refractivity contribution in [3.8, 4) is 0 Å². The molecule has 0 aromatic rings. The monoisotopic (exact) mass is 474 g/mol. The van der Waals surface area contributed by atoms with Crippen molar-refractivity contribution in [1.82, 2.24) is 16.0 Å². The van der Waals surface area contributed by atoms with E-state index in [9.17, 15) is 33.9 Å². The molecule has 0 aliphatic carbocycles. The SMILES string of the molecule is NC(=O)CCC(N)C(=O)NCC(=O)NC(CC(=O)O)C(=O)NC(CCCN=C(N)N)C(=O)O. The van der Waals surface area contributed by atoms with Crippen LogP contribution in [0.1, 0.15) is 32.1 Å². The largest absolute Gasteiger partial charge is 0.481 e. The summed E-state index contributed by atoms with van der Waals surface area (Å²) in [4.78, 5) is 73.1. The van der Waals surface area contributed by atoms with Gasteiger partial charge in [-0.15, -0.1) is 0 Å². The summed E-state index contributed by atoms with van der Waals surface area (Å²) in [6, 6.07) is -4.11. The number of hydrogen-bond acceptors (Lipinski definition) is 8. The van der Waals surface area contributed by atoms with Crippen LogP contribution in [0, 0.1) is 0 Å². The van der Waals surface area contributed by atoms with Gasteiger partial charge in [-0.3, -0.25) is 29.0 Å². The maximum absolute atomic E-state index is 12.4. The van der Waals surface area contributed by atoms with Gasteiger partial charge in [-0.25, -0.2) is 4.79 Å². The molecular weight excluding hydrogens is 444 g/mol. The summed E-state index contributed by atoms with van der Waals surface area (Å²) in [6.45, 7) is -0.536. The van der Waals surface area contributed by atoms with Crippen molar-refractivity contribution in [3.05, 3.63) is 0 Å². The van der Waals surface area contributed by atoms with Gasteiger partial charge >= 0.3 is 11.9 Å². The molecule has 13 N–H and O–H groups in total. The number of rotatable bonds is 16. The number of carbonyl (C=O) groups is 6. The molecule has 0 aliphatic rings. The van der Waals surface area contributed by atoms with Gasteiger partial charge in [-0.1, -0.05) is 0 Å². The quantitative estimate of drug-likeness (QED) is 0.0581. The predicted molar refractivity (Wildman–Crippen MR) is 113 cm³/mol. The van der Waals surface area contributed by atoms with Gasteiger partial charge in [-0.2, -0.15) is 0 Å². The van der Waals surface area contributed by atoms with Crippen LogP contribution in [-0.4, -0.2) is 83.0 Å². The van der Waals surface area contributed by atoms with Gasteiger partial charge < -0.3 is 49.1 Å². The third-order valence-electron chi connectivity index (χ3n) is 4.05. The van der Waals surface area contributed by atoms with Crippen molar-refractivity contribution in [2.75, 3.05) is 13.1 Å². The van der Waals surface area contributed by atoms with Gasteiger partial charge in [0.15, 0.2) is 5.96 Å². The second-order valence-corrected chi connectivity index (χ2v) is 6.90. The molecule has 0 heterocycles. The molecule has 0 fully saturated rings. The Kier molecular flexibility index (Phi) is 13.2. The number of carbonyl (C=O) groups excluding carboxylic acids is 4. The number of nitrogens with two attached hydrogens (primary N) is 4. The molecule has 4 amide bonds. The molecule has 3 unspecified atom stereocenters. The Balaban J connectivity index is 4.90. The van der Waals surface area contributed by atoms with Gasteiger partial charge in [0.1, 0.15) is 12.1 Å². The number of primary amides is 1. The summed E-state index contributed by atoms with van der Waals surface area (Å²) >= 11 is 0. The van der Waals surface area contributed by atoms with Gasteiger partial charge in [0.05, 0.1) is 19.0 Å². The van der Waals surface area contributed by atoms with Gasteiger partial charge in [-0.05, 0) is 19.3 Å². The van der Waals surface area contributed by atoms with Crippen LogP contribution in [0.3, 0.4) is 0 Å². The second-order valence-electron chi connectivity index (χ2n) is 6.90. The second kappa shape index (κ2) is 15.0. The molecule has 0 rings (SSSR count). The van der Waals surface area contributed by atoms with Crippen molar-refractivity contribution in [1.29, 1.82) is 0 Å². The van der Waals surface area contributed by atoms with E-state index in [1.165, 1.54) is 0 Å². The molecule has 0 bridgehead atoms. The fourth-order valence-electron chi connectivity index (χ4n) is 2.39. The van der Waals surface area contributed by atoms with Crippen LogP contribution in [0.4, 0.5) is 0 Å². The van der Waals surface area contributed by atoms with E-state index < -0.39 is 66.7 Å². The number of nitrogens with one attached hydrogen (secondary N) is 3. The molecular formula is C17H30N8O8. The molecule has 0 radical (unpaired) electrons. The van der Waals surface area contributed by atoms with Crippen LogP contribution in [0.15, 0.2) is 4.99 Å². The number of aliphatic imine (C=N–C) groups is 1. The smallest absolute Gasteiger partial charge is 0.326 e. The zero-order chi connectivity index (χ0) is 25.6. The van der Waals surface area contributed by atoms with E-state index >= 15 is 0 Å². The number of carboxylic acids is 2. The highest BCUT2D eigenvalue weighted by molar-refractivity contribution is 5.94. The Hall–Kier alpha value is -3.95. The van der Waals surface area contributed by atoms with E-state index in [1.807, 2.05) is 0 Å². The van der Waals surface area contributed by atoms with Crippen LogP contribution in [-0.2, 0) is 28.8 Å². The molecule has 33 heavy (non-hydrogen) atoms. The molecule has 0 saturated carbocycles. The highest BCUT2D eigenvalue weighted by Gasteiger charge is 2.28. The summed E-state index contributed by atoms with van der Waals surface area (Å²) in [7, 11) is 0.